The molecule has 1 fully saturated rings. The van der Waals surface area contributed by atoms with Gasteiger partial charge in [0, 0.05) is 19.2 Å². The molecule has 4 nitrogen and oxygen atoms in total. The van der Waals surface area contributed by atoms with Gasteiger partial charge < -0.3 is 14.4 Å². The fourth-order valence-electron chi connectivity index (χ4n) is 1.23. The van der Waals surface area contributed by atoms with Crippen molar-refractivity contribution in [1.29, 1.82) is 0 Å². The predicted molar refractivity (Wildman–Crippen MR) is 48.3 cm³/mol. The second-order valence-electron chi connectivity index (χ2n) is 3.00. The van der Waals surface area contributed by atoms with E-state index in [9.17, 15) is 4.79 Å². The van der Waals surface area contributed by atoms with Crippen LogP contribution in [0.2, 0.25) is 0 Å². The van der Waals surface area contributed by atoms with Crippen LogP contribution in [0.15, 0.2) is 21.4 Å². The van der Waals surface area contributed by atoms with Gasteiger partial charge in [-0.2, -0.15) is 0 Å². The number of hydrogen-bond acceptors (Lipinski definition) is 3. The zero-order valence-corrected chi connectivity index (χ0v) is 8.32. The summed E-state index contributed by atoms with van der Waals surface area (Å²) >= 11 is 3.11. The molecular formula is C8H8BrNO3. The first-order valence-corrected chi connectivity index (χ1v) is 4.67. The first kappa shape index (κ1) is 8.77. The van der Waals surface area contributed by atoms with Gasteiger partial charge in [0.15, 0.2) is 4.67 Å². The molecule has 1 aliphatic heterocycles. The van der Waals surface area contributed by atoms with Crippen molar-refractivity contribution in [2.75, 3.05) is 13.1 Å². The number of likely N-dealkylation sites (tertiary alicyclic amines) is 1. The van der Waals surface area contributed by atoms with E-state index in [0.29, 0.717) is 23.3 Å². The Morgan fingerprint density at radius 1 is 1.69 bits per heavy atom. The molecule has 0 bridgehead atoms. The molecular weight excluding hydrogens is 238 g/mol. The summed E-state index contributed by atoms with van der Waals surface area (Å²) in [7, 11) is 0. The number of nitrogens with zero attached hydrogens (tertiary/aromatic N) is 1. The van der Waals surface area contributed by atoms with Gasteiger partial charge in [-0.05, 0) is 15.9 Å². The first-order chi connectivity index (χ1) is 6.16. The van der Waals surface area contributed by atoms with Crippen LogP contribution < -0.4 is 0 Å². The van der Waals surface area contributed by atoms with Gasteiger partial charge in [-0.3, -0.25) is 4.79 Å². The van der Waals surface area contributed by atoms with Gasteiger partial charge in [-0.15, -0.1) is 0 Å². The van der Waals surface area contributed by atoms with Gasteiger partial charge in [-0.1, -0.05) is 0 Å². The number of rotatable bonds is 1. The summed E-state index contributed by atoms with van der Waals surface area (Å²) in [6, 6.07) is 1.62. The fourth-order valence-corrected chi connectivity index (χ4v) is 1.57. The van der Waals surface area contributed by atoms with Crippen molar-refractivity contribution in [3.05, 3.63) is 22.6 Å². The second-order valence-corrected chi connectivity index (χ2v) is 3.79. The molecule has 1 saturated heterocycles. The topological polar surface area (TPSA) is 53.7 Å². The maximum absolute atomic E-state index is 11.5. The number of β-amino-alcohol motifs (C(OH)–C–C–N with tert-alkyl or cyclic N) is 1. The largest absolute Gasteiger partial charge is 0.457 e. The number of aliphatic hydroxyl groups is 1. The van der Waals surface area contributed by atoms with E-state index in [1.807, 2.05) is 0 Å². The first-order valence-electron chi connectivity index (χ1n) is 3.88. The standard InChI is InChI=1S/C8H8BrNO3/c9-7-1-5(4-13-7)8(12)10-2-6(11)3-10/h1,4,6,11H,2-3H2. The Kier molecular flexibility index (Phi) is 2.13. The van der Waals surface area contributed by atoms with E-state index in [-0.39, 0.29) is 12.0 Å². The summed E-state index contributed by atoms with van der Waals surface area (Å²) in [5.41, 5.74) is 0.513. The molecule has 1 amide bonds. The fraction of sp³-hybridized carbons (Fsp3) is 0.375. The van der Waals surface area contributed by atoms with E-state index in [1.54, 1.807) is 11.0 Å². The predicted octanol–water partition coefficient (Wildman–Crippen LogP) is 0.859. The molecule has 70 valence electrons. The van der Waals surface area contributed by atoms with Crippen LogP contribution in [0.3, 0.4) is 0 Å². The van der Waals surface area contributed by atoms with Crippen LogP contribution in [0.1, 0.15) is 10.4 Å². The molecule has 1 aromatic heterocycles. The smallest absolute Gasteiger partial charge is 0.257 e. The quantitative estimate of drug-likeness (QED) is 0.799. The molecule has 1 aliphatic rings. The third-order valence-electron chi connectivity index (χ3n) is 1.96. The van der Waals surface area contributed by atoms with Crippen molar-refractivity contribution >= 4 is 21.8 Å². The Hall–Kier alpha value is -0.810. The molecule has 0 atom stereocenters. The minimum Gasteiger partial charge on any atom is -0.457 e. The van der Waals surface area contributed by atoms with Crippen molar-refractivity contribution < 1.29 is 14.3 Å². The minimum atomic E-state index is -0.362. The van der Waals surface area contributed by atoms with Crippen LogP contribution in [0.25, 0.3) is 0 Å². The van der Waals surface area contributed by atoms with E-state index in [2.05, 4.69) is 15.9 Å². The van der Waals surface area contributed by atoms with Gasteiger partial charge in [0.25, 0.3) is 5.91 Å². The molecule has 13 heavy (non-hydrogen) atoms. The molecule has 0 saturated carbocycles. The molecule has 1 N–H and O–H groups in total. The molecule has 5 heteroatoms. The molecule has 1 aromatic rings. The molecule has 2 heterocycles. The Labute approximate surface area is 83.3 Å². The summed E-state index contributed by atoms with van der Waals surface area (Å²) in [6.45, 7) is 0.837. The van der Waals surface area contributed by atoms with E-state index >= 15 is 0 Å². The van der Waals surface area contributed by atoms with Gasteiger partial charge in [0.2, 0.25) is 0 Å². The van der Waals surface area contributed by atoms with Crippen molar-refractivity contribution in [3.63, 3.8) is 0 Å². The van der Waals surface area contributed by atoms with Crippen LogP contribution in [0, 0.1) is 0 Å². The normalized spacial score (nSPS) is 17.2. The summed E-state index contributed by atoms with van der Waals surface area (Å²) in [5, 5.41) is 8.99. The molecule has 0 unspecified atom stereocenters. The highest BCUT2D eigenvalue weighted by molar-refractivity contribution is 9.10. The Morgan fingerprint density at radius 2 is 2.38 bits per heavy atom. The average Bonchev–Trinajstić information content (AvgIpc) is 2.45. The summed E-state index contributed by atoms with van der Waals surface area (Å²) in [5.74, 6) is -0.0975. The molecule has 0 aromatic carbocycles. The SMILES string of the molecule is O=C(c1coc(Br)c1)N1CC(O)C1. The van der Waals surface area contributed by atoms with Crippen molar-refractivity contribution in [2.45, 2.75) is 6.10 Å². The zero-order chi connectivity index (χ0) is 9.42. The van der Waals surface area contributed by atoms with E-state index < -0.39 is 0 Å². The lowest BCUT2D eigenvalue weighted by molar-refractivity contribution is 0.00585. The monoisotopic (exact) mass is 245 g/mol. The lowest BCUT2D eigenvalue weighted by Crippen LogP contribution is -2.53. The summed E-state index contributed by atoms with van der Waals surface area (Å²) < 4.78 is 5.48. The third-order valence-corrected chi connectivity index (χ3v) is 2.38. The average molecular weight is 246 g/mol. The van der Waals surface area contributed by atoms with Crippen molar-refractivity contribution in [2.24, 2.45) is 0 Å². The van der Waals surface area contributed by atoms with Gasteiger partial charge >= 0.3 is 0 Å². The lowest BCUT2D eigenvalue weighted by Gasteiger charge is -2.35. The number of aliphatic hydroxyl groups excluding tert-OH is 1. The van der Waals surface area contributed by atoms with Crippen LogP contribution in [-0.4, -0.2) is 35.1 Å². The number of hydrogen-bond donors (Lipinski definition) is 1. The maximum atomic E-state index is 11.5. The summed E-state index contributed by atoms with van der Waals surface area (Å²) in [6.07, 6.45) is 1.04. The van der Waals surface area contributed by atoms with Crippen LogP contribution in [0.5, 0.6) is 0 Å². The van der Waals surface area contributed by atoms with Gasteiger partial charge in [0.1, 0.15) is 6.26 Å². The Bertz CT molecular complexity index is 330. The van der Waals surface area contributed by atoms with Gasteiger partial charge in [-0.25, -0.2) is 0 Å². The lowest BCUT2D eigenvalue weighted by atomic mass is 10.1. The highest BCUT2D eigenvalue weighted by Gasteiger charge is 2.30. The Morgan fingerprint density at radius 3 is 2.85 bits per heavy atom. The van der Waals surface area contributed by atoms with E-state index in [4.69, 9.17) is 9.52 Å². The zero-order valence-electron chi connectivity index (χ0n) is 6.74. The van der Waals surface area contributed by atoms with Gasteiger partial charge in [0.05, 0.1) is 11.7 Å². The number of carbonyl (C=O) groups is 1. The molecule has 0 spiro atoms. The van der Waals surface area contributed by atoms with Crippen LogP contribution in [0.4, 0.5) is 0 Å². The van der Waals surface area contributed by atoms with Crippen LogP contribution >= 0.6 is 15.9 Å². The molecule has 0 radical (unpaired) electrons. The maximum Gasteiger partial charge on any atom is 0.257 e. The molecule has 0 aliphatic carbocycles. The number of halogens is 1. The minimum absolute atomic E-state index is 0.0975. The number of carbonyl (C=O) groups excluding carboxylic acids is 1. The molecule has 2 rings (SSSR count). The van der Waals surface area contributed by atoms with Crippen LogP contribution in [-0.2, 0) is 0 Å². The second kappa shape index (κ2) is 3.16. The number of furan rings is 1. The van der Waals surface area contributed by atoms with E-state index in [1.165, 1.54) is 6.26 Å². The third kappa shape index (κ3) is 1.62. The van der Waals surface area contributed by atoms with Crippen molar-refractivity contribution in [1.82, 2.24) is 4.90 Å². The van der Waals surface area contributed by atoms with Crippen molar-refractivity contribution in [3.8, 4) is 0 Å². The number of amides is 1. The highest BCUT2D eigenvalue weighted by Crippen LogP contribution is 2.18. The summed E-state index contributed by atoms with van der Waals surface area (Å²) in [4.78, 5) is 13.1. The Balaban J connectivity index is 2.06. The highest BCUT2D eigenvalue weighted by atomic mass is 79.9. The van der Waals surface area contributed by atoms with E-state index in [0.717, 1.165) is 0 Å².